The normalized spacial score (nSPS) is 22.6. The van der Waals surface area contributed by atoms with Gasteiger partial charge in [0, 0.05) is 18.5 Å². The molecule has 2 heteroatoms. The molecular formula is C22H38N2. The highest BCUT2D eigenvalue weighted by Crippen LogP contribution is 2.35. The van der Waals surface area contributed by atoms with Crippen molar-refractivity contribution in [3.05, 3.63) is 24.3 Å². The van der Waals surface area contributed by atoms with Crippen LogP contribution < -0.4 is 0 Å². The Balaban J connectivity index is 1.57. The molecular weight excluding hydrogens is 292 g/mol. The van der Waals surface area contributed by atoms with Gasteiger partial charge in [0.2, 0.25) is 0 Å². The first-order valence-corrected chi connectivity index (χ1v) is 10.4. The zero-order valence-electron chi connectivity index (χ0n) is 15.9. The van der Waals surface area contributed by atoms with E-state index in [0.717, 1.165) is 19.6 Å². The largest absolute Gasteiger partial charge is 0.360 e. The van der Waals surface area contributed by atoms with Crippen LogP contribution in [0.5, 0.6) is 0 Å². The number of unbranched alkanes of at least 4 members (excludes halogenated alkanes) is 9. The Kier molecular flexibility index (Phi) is 9.23. The fraction of sp³-hybridized carbons (Fsp3) is 0.773. The van der Waals surface area contributed by atoms with Gasteiger partial charge in [0.25, 0.3) is 0 Å². The molecule has 2 aliphatic rings. The summed E-state index contributed by atoms with van der Waals surface area (Å²) in [5.41, 5.74) is 0.352. The van der Waals surface area contributed by atoms with Gasteiger partial charge in [-0.1, -0.05) is 95.4 Å². The molecule has 24 heavy (non-hydrogen) atoms. The smallest absolute Gasteiger partial charge is 0.0851 e. The van der Waals surface area contributed by atoms with Crippen molar-refractivity contribution in [2.24, 2.45) is 10.4 Å². The van der Waals surface area contributed by atoms with Gasteiger partial charge in [-0.3, -0.25) is 4.99 Å². The molecule has 0 aromatic carbocycles. The molecule has 0 spiro atoms. The van der Waals surface area contributed by atoms with Crippen molar-refractivity contribution < 1.29 is 0 Å². The van der Waals surface area contributed by atoms with Crippen LogP contribution in [0.25, 0.3) is 0 Å². The van der Waals surface area contributed by atoms with Crippen molar-refractivity contribution in [2.45, 2.75) is 84.0 Å². The van der Waals surface area contributed by atoms with Crippen molar-refractivity contribution in [3.8, 4) is 0 Å². The molecule has 0 saturated heterocycles. The van der Waals surface area contributed by atoms with Crippen LogP contribution in [0.2, 0.25) is 0 Å². The first-order chi connectivity index (χ1) is 11.8. The molecule has 136 valence electrons. The zero-order valence-corrected chi connectivity index (χ0v) is 15.9. The summed E-state index contributed by atoms with van der Waals surface area (Å²) >= 11 is 0. The van der Waals surface area contributed by atoms with Gasteiger partial charge in [-0.05, 0) is 12.8 Å². The molecule has 2 rings (SSSR count). The maximum atomic E-state index is 4.38. The summed E-state index contributed by atoms with van der Waals surface area (Å²) < 4.78 is 0. The minimum Gasteiger partial charge on any atom is -0.360 e. The molecule has 0 N–H and O–H groups in total. The van der Waals surface area contributed by atoms with E-state index in [1.165, 1.54) is 77.0 Å². The van der Waals surface area contributed by atoms with E-state index in [1.807, 2.05) is 0 Å². The number of aliphatic imine (C=N–C) groups is 1. The Hall–Kier alpha value is -1.05. The second kappa shape index (κ2) is 11.5. The first-order valence-electron chi connectivity index (χ1n) is 10.4. The predicted octanol–water partition coefficient (Wildman–Crippen LogP) is 6.14. The van der Waals surface area contributed by atoms with Gasteiger partial charge >= 0.3 is 0 Å². The second-order valence-corrected chi connectivity index (χ2v) is 7.78. The van der Waals surface area contributed by atoms with Crippen LogP contribution in [0.15, 0.2) is 29.3 Å². The van der Waals surface area contributed by atoms with E-state index in [-0.39, 0.29) is 0 Å². The maximum Gasteiger partial charge on any atom is 0.0851 e. The summed E-state index contributed by atoms with van der Waals surface area (Å²) in [6.07, 6.45) is 28.1. The van der Waals surface area contributed by atoms with Crippen LogP contribution in [0.1, 0.15) is 84.0 Å². The molecule has 1 aliphatic carbocycles. The van der Waals surface area contributed by atoms with Crippen LogP contribution in [0.3, 0.4) is 0 Å². The average molecular weight is 331 g/mol. The lowest BCUT2D eigenvalue weighted by Crippen LogP contribution is -2.35. The topological polar surface area (TPSA) is 15.6 Å². The maximum absolute atomic E-state index is 4.38. The van der Waals surface area contributed by atoms with Crippen molar-refractivity contribution in [3.63, 3.8) is 0 Å². The third-order valence-electron chi connectivity index (χ3n) is 5.53. The van der Waals surface area contributed by atoms with E-state index in [1.54, 1.807) is 0 Å². The monoisotopic (exact) mass is 330 g/mol. The summed E-state index contributed by atoms with van der Waals surface area (Å²) in [4.78, 5) is 6.79. The van der Waals surface area contributed by atoms with Crippen LogP contribution in [-0.4, -0.2) is 30.9 Å². The molecule has 1 unspecified atom stereocenters. The Morgan fingerprint density at radius 1 is 0.917 bits per heavy atom. The lowest BCUT2D eigenvalue weighted by Gasteiger charge is -2.35. The Bertz CT molecular complexity index is 410. The molecule has 0 saturated carbocycles. The van der Waals surface area contributed by atoms with Crippen molar-refractivity contribution >= 4 is 6.34 Å². The van der Waals surface area contributed by atoms with E-state index in [2.05, 4.69) is 47.5 Å². The summed E-state index contributed by atoms with van der Waals surface area (Å²) in [5.74, 6) is 0. The Morgan fingerprint density at radius 3 is 2.21 bits per heavy atom. The van der Waals surface area contributed by atoms with Crippen molar-refractivity contribution in [2.75, 3.05) is 19.6 Å². The van der Waals surface area contributed by atoms with Gasteiger partial charge < -0.3 is 4.90 Å². The van der Waals surface area contributed by atoms with Crippen LogP contribution in [-0.2, 0) is 0 Å². The lowest BCUT2D eigenvalue weighted by atomic mass is 9.76. The van der Waals surface area contributed by atoms with Crippen LogP contribution in [0, 0.1) is 5.41 Å². The summed E-state index contributed by atoms with van der Waals surface area (Å²) in [5, 5.41) is 0. The zero-order chi connectivity index (χ0) is 16.9. The van der Waals surface area contributed by atoms with Gasteiger partial charge in [-0.25, -0.2) is 0 Å². The highest BCUT2D eigenvalue weighted by Gasteiger charge is 2.29. The number of allylic oxidation sites excluding steroid dienone is 3. The Morgan fingerprint density at radius 2 is 1.62 bits per heavy atom. The van der Waals surface area contributed by atoms with Crippen LogP contribution in [0.4, 0.5) is 0 Å². The molecule has 0 bridgehead atoms. The predicted molar refractivity (Wildman–Crippen MR) is 107 cm³/mol. The SMILES string of the molecule is CCCCCCCCCCCCC1(CN2C=NCC2)C=CC=CC1. The number of hydrogen-bond acceptors (Lipinski definition) is 2. The fourth-order valence-electron chi connectivity index (χ4n) is 4.00. The number of nitrogens with zero attached hydrogens (tertiary/aromatic N) is 2. The van der Waals surface area contributed by atoms with E-state index in [0.29, 0.717) is 5.41 Å². The summed E-state index contributed by atoms with van der Waals surface area (Å²) in [6, 6.07) is 0. The number of hydrogen-bond donors (Lipinski definition) is 0. The number of rotatable bonds is 13. The molecule has 1 heterocycles. The molecule has 1 aliphatic heterocycles. The minimum atomic E-state index is 0.352. The van der Waals surface area contributed by atoms with Gasteiger partial charge in [-0.15, -0.1) is 0 Å². The molecule has 0 aromatic heterocycles. The highest BCUT2D eigenvalue weighted by atomic mass is 15.2. The third kappa shape index (κ3) is 7.23. The van der Waals surface area contributed by atoms with Crippen molar-refractivity contribution in [1.82, 2.24) is 4.90 Å². The second-order valence-electron chi connectivity index (χ2n) is 7.78. The van der Waals surface area contributed by atoms with E-state index >= 15 is 0 Å². The third-order valence-corrected chi connectivity index (χ3v) is 5.53. The minimum absolute atomic E-state index is 0.352. The molecule has 1 atom stereocenters. The quantitative estimate of drug-likeness (QED) is 0.370. The summed E-state index contributed by atoms with van der Waals surface area (Å²) in [6.45, 7) is 5.53. The molecule has 0 aromatic rings. The van der Waals surface area contributed by atoms with E-state index < -0.39 is 0 Å². The fourth-order valence-corrected chi connectivity index (χ4v) is 4.00. The average Bonchev–Trinajstić information content (AvgIpc) is 3.10. The first kappa shape index (κ1) is 19.3. The van der Waals surface area contributed by atoms with Crippen LogP contribution >= 0.6 is 0 Å². The highest BCUT2D eigenvalue weighted by molar-refractivity contribution is 5.57. The molecule has 0 radical (unpaired) electrons. The molecule has 0 amide bonds. The molecule has 0 fully saturated rings. The Labute approximate surface area is 150 Å². The van der Waals surface area contributed by atoms with Gasteiger partial charge in [-0.2, -0.15) is 0 Å². The lowest BCUT2D eigenvalue weighted by molar-refractivity contribution is 0.255. The van der Waals surface area contributed by atoms with Gasteiger partial charge in [0.05, 0.1) is 12.9 Å². The van der Waals surface area contributed by atoms with E-state index in [4.69, 9.17) is 0 Å². The standard InChI is InChI=1S/C22H38N2/c1-2-3-4-5-6-7-8-9-10-12-15-22(16-13-11-14-17-22)20-24-19-18-23-21-24/h11,13-14,16,21H,2-10,12,15,17-20H2,1H3. The molecule has 2 nitrogen and oxygen atoms in total. The van der Waals surface area contributed by atoms with E-state index in [9.17, 15) is 0 Å². The van der Waals surface area contributed by atoms with Crippen molar-refractivity contribution in [1.29, 1.82) is 0 Å². The summed E-state index contributed by atoms with van der Waals surface area (Å²) in [7, 11) is 0. The van der Waals surface area contributed by atoms with Gasteiger partial charge in [0.15, 0.2) is 0 Å². The van der Waals surface area contributed by atoms with Gasteiger partial charge in [0.1, 0.15) is 0 Å².